The van der Waals surface area contributed by atoms with Crippen LogP contribution >= 0.6 is 0 Å². The quantitative estimate of drug-likeness (QED) is 0.450. The van der Waals surface area contributed by atoms with Gasteiger partial charge in [-0.3, -0.25) is 14.4 Å². The van der Waals surface area contributed by atoms with E-state index in [1.54, 1.807) is 26.9 Å². The highest BCUT2D eigenvalue weighted by Crippen LogP contribution is 2.63. The Bertz CT molecular complexity index is 867. The first-order valence-corrected chi connectivity index (χ1v) is 12.9. The van der Waals surface area contributed by atoms with E-state index in [1.807, 2.05) is 34.6 Å². The first kappa shape index (κ1) is 27.4. The molecule has 5 atom stereocenters. The first-order valence-electron chi connectivity index (χ1n) is 12.9. The second kappa shape index (κ2) is 10.1. The van der Waals surface area contributed by atoms with Crippen LogP contribution in [0.1, 0.15) is 60.3 Å². The van der Waals surface area contributed by atoms with Gasteiger partial charge in [0.25, 0.3) is 0 Å². The molecule has 196 valence electrons. The van der Waals surface area contributed by atoms with E-state index in [4.69, 9.17) is 4.74 Å². The van der Waals surface area contributed by atoms with Gasteiger partial charge in [-0.15, -0.1) is 13.2 Å². The molecule has 3 saturated heterocycles. The number of nitrogens with zero attached hydrogens (tertiary/aromatic N) is 3. The second-order valence-corrected chi connectivity index (χ2v) is 11.3. The van der Waals surface area contributed by atoms with Crippen LogP contribution in [0.2, 0.25) is 0 Å². The van der Waals surface area contributed by atoms with Crippen molar-refractivity contribution in [2.24, 2.45) is 11.8 Å². The highest BCUT2D eigenvalue weighted by atomic mass is 16.5. The zero-order valence-electron chi connectivity index (χ0n) is 22.1. The van der Waals surface area contributed by atoms with E-state index in [-0.39, 0.29) is 30.9 Å². The maximum absolute atomic E-state index is 14.2. The zero-order valence-corrected chi connectivity index (χ0v) is 22.1. The molecule has 3 rings (SSSR count). The Morgan fingerprint density at radius 2 is 1.86 bits per heavy atom. The van der Waals surface area contributed by atoms with Crippen LogP contribution in [0.15, 0.2) is 25.3 Å². The van der Waals surface area contributed by atoms with Gasteiger partial charge in [0.15, 0.2) is 0 Å². The largest absolute Gasteiger partial charge is 0.396 e. The minimum atomic E-state index is -1.06. The van der Waals surface area contributed by atoms with E-state index >= 15 is 0 Å². The smallest absolute Gasteiger partial charge is 0.249 e. The summed E-state index contributed by atoms with van der Waals surface area (Å²) in [6, 6.07) is -0.843. The number of aliphatic hydroxyl groups is 1. The lowest BCUT2D eigenvalue weighted by molar-refractivity contribution is -0.156. The molecule has 2 bridgehead atoms. The molecule has 0 saturated carbocycles. The van der Waals surface area contributed by atoms with Crippen LogP contribution in [0, 0.1) is 11.8 Å². The summed E-state index contributed by atoms with van der Waals surface area (Å²) < 4.78 is 6.70. The van der Waals surface area contributed by atoms with Gasteiger partial charge in [0.05, 0.1) is 17.4 Å². The molecule has 0 aliphatic carbocycles. The third-order valence-corrected chi connectivity index (χ3v) is 7.88. The molecule has 1 spiro atoms. The van der Waals surface area contributed by atoms with Crippen LogP contribution < -0.4 is 0 Å². The van der Waals surface area contributed by atoms with E-state index in [1.165, 1.54) is 0 Å². The Labute approximate surface area is 210 Å². The summed E-state index contributed by atoms with van der Waals surface area (Å²) in [4.78, 5) is 47.1. The van der Waals surface area contributed by atoms with E-state index in [9.17, 15) is 19.5 Å². The fourth-order valence-corrected chi connectivity index (χ4v) is 6.45. The van der Waals surface area contributed by atoms with Crippen LogP contribution in [0.3, 0.4) is 0 Å². The standard InChI is InChI=1S/C27H43N3O5/c1-8-14-28(15-9-2)22(32)19-20-23(33)29(17-11-18-31)21(27(20)13-12-26(19,7)35-27)24(34)30(16-10-3)25(4,5)6/h8,10,19-21,31H,1,3,9,11-18H2,2,4-7H3/t19-,20-,21?,26+,27?/m0/s1. The average Bonchev–Trinajstić information content (AvgIpc) is 3.35. The summed E-state index contributed by atoms with van der Waals surface area (Å²) in [5.74, 6) is -1.91. The fraction of sp³-hybridized carbons (Fsp3) is 0.741. The second-order valence-electron chi connectivity index (χ2n) is 11.3. The van der Waals surface area contributed by atoms with Crippen LogP contribution in [-0.2, 0) is 19.1 Å². The van der Waals surface area contributed by atoms with Gasteiger partial charge in [-0.2, -0.15) is 0 Å². The molecule has 3 aliphatic heterocycles. The summed E-state index contributed by atoms with van der Waals surface area (Å²) in [6.45, 7) is 18.9. The SMILES string of the molecule is C=CCN(CCC)C(=O)[C@@H]1[C@H]2C(=O)N(CCCO)C(C(=O)N(CC=C)C(C)(C)C)C23CC[C@@]1(C)O3. The van der Waals surface area contributed by atoms with E-state index in [2.05, 4.69) is 13.2 Å². The monoisotopic (exact) mass is 489 g/mol. The summed E-state index contributed by atoms with van der Waals surface area (Å²) in [7, 11) is 0. The van der Waals surface area contributed by atoms with Crippen molar-refractivity contribution in [3.63, 3.8) is 0 Å². The number of carbonyl (C=O) groups excluding carboxylic acids is 3. The minimum Gasteiger partial charge on any atom is -0.396 e. The van der Waals surface area contributed by atoms with E-state index < -0.39 is 34.6 Å². The zero-order chi connectivity index (χ0) is 26.2. The average molecular weight is 490 g/mol. The van der Waals surface area contributed by atoms with Gasteiger partial charge < -0.3 is 24.5 Å². The lowest BCUT2D eigenvalue weighted by atomic mass is 9.66. The van der Waals surface area contributed by atoms with Crippen LogP contribution in [0.5, 0.6) is 0 Å². The highest BCUT2D eigenvalue weighted by molar-refractivity contribution is 5.99. The van der Waals surface area contributed by atoms with Crippen LogP contribution in [0.25, 0.3) is 0 Å². The molecule has 3 amide bonds. The van der Waals surface area contributed by atoms with Crippen LogP contribution in [-0.4, -0.2) is 93.1 Å². The third-order valence-electron chi connectivity index (χ3n) is 7.88. The van der Waals surface area contributed by atoms with E-state index in [0.29, 0.717) is 38.9 Å². The molecule has 8 heteroatoms. The van der Waals surface area contributed by atoms with Gasteiger partial charge in [0.1, 0.15) is 11.6 Å². The molecule has 0 aromatic heterocycles. The molecule has 0 aromatic carbocycles. The Hall–Kier alpha value is -2.19. The molecule has 3 aliphatic rings. The number of rotatable bonds is 11. The molecular formula is C27H43N3O5. The Kier molecular flexibility index (Phi) is 7.87. The Morgan fingerprint density at radius 3 is 2.40 bits per heavy atom. The lowest BCUT2D eigenvalue weighted by Gasteiger charge is -2.42. The molecule has 3 heterocycles. The summed E-state index contributed by atoms with van der Waals surface area (Å²) in [5.41, 5.74) is -2.37. The lowest BCUT2D eigenvalue weighted by Crippen LogP contribution is -2.60. The number of hydrogen-bond donors (Lipinski definition) is 1. The maximum atomic E-state index is 14.2. The molecular weight excluding hydrogens is 446 g/mol. The van der Waals surface area contributed by atoms with Gasteiger partial charge in [-0.05, 0) is 53.4 Å². The molecule has 2 unspecified atom stereocenters. The van der Waals surface area contributed by atoms with Gasteiger partial charge >= 0.3 is 0 Å². The maximum Gasteiger partial charge on any atom is 0.249 e. The molecule has 1 N–H and O–H groups in total. The topological polar surface area (TPSA) is 90.4 Å². The normalized spacial score (nSPS) is 31.4. The van der Waals surface area contributed by atoms with Crippen molar-refractivity contribution in [1.29, 1.82) is 0 Å². The number of amides is 3. The number of aliphatic hydroxyl groups excluding tert-OH is 1. The molecule has 0 aromatic rings. The minimum absolute atomic E-state index is 0.0947. The van der Waals surface area contributed by atoms with Crippen molar-refractivity contribution < 1.29 is 24.2 Å². The molecule has 35 heavy (non-hydrogen) atoms. The predicted octanol–water partition coefficient (Wildman–Crippen LogP) is 2.37. The number of carbonyl (C=O) groups is 3. The number of fused-ring (bicyclic) bond motifs is 1. The predicted molar refractivity (Wildman–Crippen MR) is 134 cm³/mol. The van der Waals surface area contributed by atoms with Crippen LogP contribution in [0.4, 0.5) is 0 Å². The molecule has 0 radical (unpaired) electrons. The van der Waals surface area contributed by atoms with Crippen molar-refractivity contribution in [3.05, 3.63) is 25.3 Å². The highest BCUT2D eigenvalue weighted by Gasteiger charge is 2.78. The van der Waals surface area contributed by atoms with Crippen molar-refractivity contribution >= 4 is 17.7 Å². The third kappa shape index (κ3) is 4.44. The fourth-order valence-electron chi connectivity index (χ4n) is 6.45. The number of likely N-dealkylation sites (tertiary alicyclic amines) is 1. The van der Waals surface area contributed by atoms with E-state index in [0.717, 1.165) is 6.42 Å². The number of hydrogen-bond acceptors (Lipinski definition) is 5. The molecule has 3 fully saturated rings. The van der Waals surface area contributed by atoms with Gasteiger partial charge in [-0.1, -0.05) is 19.1 Å². The molecule has 8 nitrogen and oxygen atoms in total. The summed E-state index contributed by atoms with van der Waals surface area (Å²) in [6.07, 6.45) is 5.67. The van der Waals surface area contributed by atoms with Crippen molar-refractivity contribution in [2.45, 2.75) is 83.1 Å². The summed E-state index contributed by atoms with van der Waals surface area (Å²) >= 11 is 0. The Balaban J connectivity index is 2.10. The summed E-state index contributed by atoms with van der Waals surface area (Å²) in [5, 5.41) is 9.52. The van der Waals surface area contributed by atoms with Gasteiger partial charge in [0.2, 0.25) is 17.7 Å². The Morgan fingerprint density at radius 1 is 1.20 bits per heavy atom. The first-order chi connectivity index (χ1) is 16.4. The van der Waals surface area contributed by atoms with Gasteiger partial charge in [0, 0.05) is 38.3 Å². The van der Waals surface area contributed by atoms with Crippen molar-refractivity contribution in [3.8, 4) is 0 Å². The van der Waals surface area contributed by atoms with Gasteiger partial charge in [-0.25, -0.2) is 0 Å². The van der Waals surface area contributed by atoms with Crippen molar-refractivity contribution in [1.82, 2.24) is 14.7 Å². The van der Waals surface area contributed by atoms with Crippen molar-refractivity contribution in [2.75, 3.05) is 32.8 Å². The number of ether oxygens (including phenoxy) is 1.